The summed E-state index contributed by atoms with van der Waals surface area (Å²) in [4.78, 5) is 0. The van der Waals surface area contributed by atoms with Gasteiger partial charge in [-0.1, -0.05) is 31.4 Å². The summed E-state index contributed by atoms with van der Waals surface area (Å²) in [5.41, 5.74) is 0.928. The number of hydrogen-bond donors (Lipinski definition) is 0. The van der Waals surface area contributed by atoms with Crippen molar-refractivity contribution < 1.29 is 9.47 Å². The van der Waals surface area contributed by atoms with Gasteiger partial charge in [-0.05, 0) is 0 Å². The first kappa shape index (κ1) is 8.24. The molecule has 0 N–H and O–H groups in total. The molecule has 1 aliphatic rings. The average molecular weight is 152 g/mol. The Morgan fingerprint density at radius 3 is 2.36 bits per heavy atom. The molecule has 1 saturated heterocycles. The van der Waals surface area contributed by atoms with E-state index >= 15 is 0 Å². The molecule has 0 aromatic carbocycles. The van der Waals surface area contributed by atoms with Gasteiger partial charge in [0.05, 0.1) is 13.2 Å². The molecule has 0 spiro atoms. The average Bonchev–Trinajstić information content (AvgIpc) is 2.52. The highest BCUT2D eigenvalue weighted by Crippen LogP contribution is 2.14. The van der Waals surface area contributed by atoms with Gasteiger partial charge in [-0.3, -0.25) is 0 Å². The summed E-state index contributed by atoms with van der Waals surface area (Å²) in [6, 6.07) is 0. The Labute approximate surface area is 66.8 Å². The zero-order chi connectivity index (χ0) is 8.10. The molecule has 0 bridgehead atoms. The van der Waals surface area contributed by atoms with Crippen molar-refractivity contribution in [3.8, 4) is 0 Å². The van der Waals surface area contributed by atoms with Gasteiger partial charge >= 0.3 is 0 Å². The fourth-order valence-corrected chi connectivity index (χ4v) is 0.930. The van der Waals surface area contributed by atoms with E-state index < -0.39 is 0 Å². The molecule has 0 radical (unpaired) electrons. The first-order chi connectivity index (χ1) is 5.38. The third kappa shape index (κ3) is 2.03. The molecule has 1 heterocycles. The zero-order valence-corrected chi connectivity index (χ0v) is 6.45. The van der Waals surface area contributed by atoms with E-state index in [0.717, 1.165) is 5.57 Å². The summed E-state index contributed by atoms with van der Waals surface area (Å²) in [7, 11) is 0. The lowest BCUT2D eigenvalue weighted by Crippen LogP contribution is -2.09. The molecule has 0 saturated carbocycles. The molecule has 0 atom stereocenters. The monoisotopic (exact) mass is 152 g/mol. The first-order valence-electron chi connectivity index (χ1n) is 3.56. The molecule has 2 heteroatoms. The lowest BCUT2D eigenvalue weighted by molar-refractivity contribution is -0.00827. The van der Waals surface area contributed by atoms with Crippen LogP contribution in [0.25, 0.3) is 0 Å². The summed E-state index contributed by atoms with van der Waals surface area (Å²) in [6.07, 6.45) is 5.02. The highest BCUT2D eigenvalue weighted by atomic mass is 16.7. The third-order valence-corrected chi connectivity index (χ3v) is 1.44. The maximum absolute atomic E-state index is 5.25. The molecule has 1 rings (SSSR count). The van der Waals surface area contributed by atoms with Gasteiger partial charge in [-0.25, -0.2) is 0 Å². The minimum atomic E-state index is -0.231. The predicted molar refractivity (Wildman–Crippen MR) is 44.2 cm³/mol. The number of ether oxygens (including phenoxy) is 2. The fourth-order valence-electron chi connectivity index (χ4n) is 0.930. The van der Waals surface area contributed by atoms with Crippen molar-refractivity contribution in [3.63, 3.8) is 0 Å². The van der Waals surface area contributed by atoms with E-state index in [-0.39, 0.29) is 6.29 Å². The first-order valence-corrected chi connectivity index (χ1v) is 3.56. The van der Waals surface area contributed by atoms with Crippen molar-refractivity contribution in [2.75, 3.05) is 13.2 Å². The maximum atomic E-state index is 5.25. The summed E-state index contributed by atoms with van der Waals surface area (Å²) in [6.45, 7) is 8.55. The smallest absolute Gasteiger partial charge is 0.184 e. The lowest BCUT2D eigenvalue weighted by atomic mass is 10.2. The van der Waals surface area contributed by atoms with Crippen molar-refractivity contribution in [3.05, 3.63) is 37.0 Å². The summed E-state index contributed by atoms with van der Waals surface area (Å²) < 4.78 is 10.5. The molecule has 2 nitrogen and oxygen atoms in total. The fraction of sp³-hybridized carbons (Fsp3) is 0.333. The minimum absolute atomic E-state index is 0.231. The van der Waals surface area contributed by atoms with Crippen LogP contribution >= 0.6 is 0 Å². The van der Waals surface area contributed by atoms with Crippen LogP contribution < -0.4 is 0 Å². The van der Waals surface area contributed by atoms with E-state index in [4.69, 9.17) is 9.47 Å². The standard InChI is InChI=1S/C9H12O2/c1-3-5-8(4-2)9-10-6-7-11-9/h3-5,9H,1-2,6-7H2/b8-5+. The molecule has 11 heavy (non-hydrogen) atoms. The van der Waals surface area contributed by atoms with Gasteiger partial charge in [0.25, 0.3) is 0 Å². The molecular formula is C9H12O2. The van der Waals surface area contributed by atoms with Crippen LogP contribution in [0.15, 0.2) is 37.0 Å². The van der Waals surface area contributed by atoms with Gasteiger partial charge in [0.15, 0.2) is 6.29 Å². The normalized spacial score (nSPS) is 20.2. The summed E-state index contributed by atoms with van der Waals surface area (Å²) in [5.74, 6) is 0. The molecule has 60 valence electrons. The largest absolute Gasteiger partial charge is 0.346 e. The van der Waals surface area contributed by atoms with Gasteiger partial charge in [0, 0.05) is 5.57 Å². The van der Waals surface area contributed by atoms with Crippen LogP contribution in [0.2, 0.25) is 0 Å². The van der Waals surface area contributed by atoms with Crippen LogP contribution in [0.5, 0.6) is 0 Å². The van der Waals surface area contributed by atoms with Gasteiger partial charge in [-0.15, -0.1) is 0 Å². The van der Waals surface area contributed by atoms with Crippen molar-refractivity contribution in [2.24, 2.45) is 0 Å². The second-order valence-electron chi connectivity index (χ2n) is 2.18. The summed E-state index contributed by atoms with van der Waals surface area (Å²) in [5, 5.41) is 0. The van der Waals surface area contributed by atoms with Crippen molar-refractivity contribution in [1.29, 1.82) is 0 Å². The Balaban J connectivity index is 2.60. The second-order valence-corrected chi connectivity index (χ2v) is 2.18. The molecule has 0 aromatic rings. The van der Waals surface area contributed by atoms with E-state index in [0.29, 0.717) is 13.2 Å². The zero-order valence-electron chi connectivity index (χ0n) is 6.45. The van der Waals surface area contributed by atoms with E-state index in [1.807, 2.05) is 6.08 Å². The Hall–Kier alpha value is -0.860. The van der Waals surface area contributed by atoms with E-state index in [2.05, 4.69) is 13.2 Å². The Morgan fingerprint density at radius 2 is 1.91 bits per heavy atom. The van der Waals surface area contributed by atoms with E-state index in [1.54, 1.807) is 12.2 Å². The Kier molecular flexibility index (Phi) is 3.08. The quantitative estimate of drug-likeness (QED) is 0.572. The van der Waals surface area contributed by atoms with Crippen LogP contribution in [0.3, 0.4) is 0 Å². The molecule has 0 aliphatic carbocycles. The number of allylic oxidation sites excluding steroid dienone is 2. The molecule has 0 aromatic heterocycles. The molecule has 1 fully saturated rings. The van der Waals surface area contributed by atoms with Crippen molar-refractivity contribution in [1.82, 2.24) is 0 Å². The Bertz CT molecular complexity index is 176. The molecule has 0 amide bonds. The molecule has 0 unspecified atom stereocenters. The predicted octanol–water partition coefficient (Wildman–Crippen LogP) is 1.66. The number of hydrogen-bond acceptors (Lipinski definition) is 2. The molecule has 1 aliphatic heterocycles. The van der Waals surface area contributed by atoms with Gasteiger partial charge in [0.1, 0.15) is 0 Å². The van der Waals surface area contributed by atoms with Crippen LogP contribution in [-0.4, -0.2) is 19.5 Å². The van der Waals surface area contributed by atoms with Gasteiger partial charge < -0.3 is 9.47 Å². The number of rotatable bonds is 3. The minimum Gasteiger partial charge on any atom is -0.346 e. The van der Waals surface area contributed by atoms with E-state index in [9.17, 15) is 0 Å². The van der Waals surface area contributed by atoms with Gasteiger partial charge in [-0.2, -0.15) is 0 Å². The second kappa shape index (κ2) is 4.11. The maximum Gasteiger partial charge on any atom is 0.184 e. The van der Waals surface area contributed by atoms with Crippen LogP contribution in [-0.2, 0) is 9.47 Å². The Morgan fingerprint density at radius 1 is 1.27 bits per heavy atom. The lowest BCUT2D eigenvalue weighted by Gasteiger charge is -2.08. The van der Waals surface area contributed by atoms with Crippen LogP contribution in [0.1, 0.15) is 0 Å². The van der Waals surface area contributed by atoms with Crippen LogP contribution in [0, 0.1) is 0 Å². The van der Waals surface area contributed by atoms with Crippen LogP contribution in [0.4, 0.5) is 0 Å². The molecular weight excluding hydrogens is 140 g/mol. The highest BCUT2D eigenvalue weighted by Gasteiger charge is 2.17. The van der Waals surface area contributed by atoms with Gasteiger partial charge in [0.2, 0.25) is 0 Å². The summed E-state index contributed by atoms with van der Waals surface area (Å²) >= 11 is 0. The SMILES string of the molecule is C=C/C=C(\C=C)C1OCCO1. The van der Waals surface area contributed by atoms with E-state index in [1.165, 1.54) is 0 Å². The van der Waals surface area contributed by atoms with Crippen molar-refractivity contribution >= 4 is 0 Å². The topological polar surface area (TPSA) is 18.5 Å². The highest BCUT2D eigenvalue weighted by molar-refractivity contribution is 5.23. The third-order valence-electron chi connectivity index (χ3n) is 1.44. The van der Waals surface area contributed by atoms with Crippen molar-refractivity contribution in [2.45, 2.75) is 6.29 Å².